The van der Waals surface area contributed by atoms with E-state index in [0.717, 1.165) is 0 Å². The summed E-state index contributed by atoms with van der Waals surface area (Å²) >= 11 is 0. The summed E-state index contributed by atoms with van der Waals surface area (Å²) in [5, 5.41) is 15.0. The zero-order chi connectivity index (χ0) is 25.8. The zero-order valence-corrected chi connectivity index (χ0v) is 18.4. The van der Waals surface area contributed by atoms with E-state index >= 15 is 0 Å². The van der Waals surface area contributed by atoms with Gasteiger partial charge in [0.05, 0.1) is 21.9 Å². The number of nitro benzene ring substituents is 1. The van der Waals surface area contributed by atoms with Crippen LogP contribution in [-0.2, 0) is 4.79 Å². The number of carbonyl (C=O) groups is 1. The fourth-order valence-corrected chi connectivity index (χ4v) is 3.85. The largest absolute Gasteiger partial charge is 0.318 e. The molecular formula is C23H15F5N4O3. The summed E-state index contributed by atoms with van der Waals surface area (Å²) in [5.74, 6) is -12.2. The van der Waals surface area contributed by atoms with Crippen molar-refractivity contribution in [1.82, 2.24) is 4.57 Å². The molecule has 1 aromatic heterocycles. The van der Waals surface area contributed by atoms with E-state index < -0.39 is 45.6 Å². The molecule has 0 fully saturated rings. The maximum atomic E-state index is 14.3. The van der Waals surface area contributed by atoms with Gasteiger partial charge >= 0.3 is 0 Å². The molecule has 0 bridgehead atoms. The molecule has 12 heteroatoms. The van der Waals surface area contributed by atoms with E-state index in [0.29, 0.717) is 22.6 Å². The number of benzene rings is 2. The van der Waals surface area contributed by atoms with Crippen molar-refractivity contribution in [2.75, 3.05) is 5.01 Å². The predicted molar refractivity (Wildman–Crippen MR) is 117 cm³/mol. The Labute approximate surface area is 194 Å². The lowest BCUT2D eigenvalue weighted by molar-refractivity contribution is -0.384. The highest BCUT2D eigenvalue weighted by atomic mass is 19.2. The number of hydrogen-bond acceptors (Lipinski definition) is 4. The van der Waals surface area contributed by atoms with Crippen LogP contribution in [0.3, 0.4) is 0 Å². The number of halogens is 5. The molecule has 1 aliphatic rings. The lowest BCUT2D eigenvalue weighted by Gasteiger charge is -2.15. The molecule has 0 saturated heterocycles. The number of aryl methyl sites for hydroxylation is 1. The normalized spacial score (nSPS) is 14.7. The van der Waals surface area contributed by atoms with Crippen LogP contribution in [-0.4, -0.2) is 21.1 Å². The van der Waals surface area contributed by atoms with Crippen LogP contribution < -0.4 is 5.01 Å². The molecule has 0 unspecified atom stereocenters. The van der Waals surface area contributed by atoms with E-state index in [4.69, 9.17) is 0 Å². The van der Waals surface area contributed by atoms with Gasteiger partial charge in [-0.05, 0) is 44.5 Å². The molecule has 0 aliphatic carbocycles. The van der Waals surface area contributed by atoms with Crippen molar-refractivity contribution in [3.63, 3.8) is 0 Å². The molecule has 0 N–H and O–H groups in total. The maximum Gasteiger partial charge on any atom is 0.280 e. The molecule has 2 heterocycles. The average molecular weight is 490 g/mol. The molecule has 35 heavy (non-hydrogen) atoms. The Morgan fingerprint density at radius 3 is 2.14 bits per heavy atom. The number of rotatable bonds is 4. The van der Waals surface area contributed by atoms with Gasteiger partial charge in [0.1, 0.15) is 5.69 Å². The van der Waals surface area contributed by atoms with Crippen molar-refractivity contribution in [2.45, 2.75) is 20.8 Å². The van der Waals surface area contributed by atoms with Gasteiger partial charge in [0.15, 0.2) is 23.3 Å². The molecule has 1 amide bonds. The van der Waals surface area contributed by atoms with E-state index in [2.05, 4.69) is 5.10 Å². The van der Waals surface area contributed by atoms with Crippen molar-refractivity contribution in [1.29, 1.82) is 0 Å². The minimum absolute atomic E-state index is 0.0147. The Hall–Kier alpha value is -4.35. The Morgan fingerprint density at radius 2 is 1.54 bits per heavy atom. The summed E-state index contributed by atoms with van der Waals surface area (Å²) in [4.78, 5) is 23.5. The summed E-state index contributed by atoms with van der Waals surface area (Å²) in [7, 11) is 0. The number of nitro groups is 1. The summed E-state index contributed by atoms with van der Waals surface area (Å²) in [6.07, 6.45) is 1.36. The number of amides is 1. The number of carbonyl (C=O) groups excluding carboxylic acids is 1. The van der Waals surface area contributed by atoms with Crippen LogP contribution in [0, 0.1) is 53.0 Å². The second-order valence-corrected chi connectivity index (χ2v) is 7.72. The zero-order valence-electron chi connectivity index (χ0n) is 18.4. The summed E-state index contributed by atoms with van der Waals surface area (Å²) in [5.41, 5.74) is 0.458. The first-order chi connectivity index (χ1) is 16.4. The molecule has 1 aliphatic heterocycles. The first kappa shape index (κ1) is 23.8. The van der Waals surface area contributed by atoms with Crippen LogP contribution in [0.5, 0.6) is 0 Å². The van der Waals surface area contributed by atoms with E-state index in [1.807, 2.05) is 0 Å². The molecule has 0 radical (unpaired) electrons. The van der Waals surface area contributed by atoms with Crippen LogP contribution in [0.1, 0.15) is 23.9 Å². The highest BCUT2D eigenvalue weighted by Gasteiger charge is 2.37. The van der Waals surface area contributed by atoms with Gasteiger partial charge in [-0.1, -0.05) is 6.07 Å². The SMILES string of the molecule is CC1=NN(c2c(F)c(F)c(F)c(F)c2F)C(=O)/C1=C/c1cc(C)n(-c2cccc([N+](=O)[O-])c2)c1C. The first-order valence-electron chi connectivity index (χ1n) is 10.0. The topological polar surface area (TPSA) is 80.7 Å². The lowest BCUT2D eigenvalue weighted by Crippen LogP contribution is -2.25. The first-order valence-corrected chi connectivity index (χ1v) is 10.0. The van der Waals surface area contributed by atoms with Crippen molar-refractivity contribution in [3.05, 3.63) is 92.1 Å². The number of non-ortho nitro benzene ring substituents is 1. The van der Waals surface area contributed by atoms with Crippen molar-refractivity contribution in [3.8, 4) is 5.69 Å². The minimum Gasteiger partial charge on any atom is -0.318 e. The molecule has 0 saturated carbocycles. The van der Waals surface area contributed by atoms with Gasteiger partial charge in [-0.3, -0.25) is 14.9 Å². The number of aromatic nitrogens is 1. The number of nitrogens with zero attached hydrogens (tertiary/aromatic N) is 4. The molecule has 3 aromatic rings. The molecule has 0 spiro atoms. The molecule has 7 nitrogen and oxygen atoms in total. The quantitative estimate of drug-likeness (QED) is 0.121. The molecule has 180 valence electrons. The van der Waals surface area contributed by atoms with Crippen LogP contribution in [0.15, 0.2) is 41.0 Å². The highest BCUT2D eigenvalue weighted by molar-refractivity contribution is 6.32. The van der Waals surface area contributed by atoms with E-state index in [-0.39, 0.29) is 22.0 Å². The van der Waals surface area contributed by atoms with Crippen LogP contribution in [0.25, 0.3) is 11.8 Å². The van der Waals surface area contributed by atoms with E-state index in [1.165, 1.54) is 31.2 Å². The van der Waals surface area contributed by atoms with E-state index in [1.54, 1.807) is 30.5 Å². The Kier molecular flexibility index (Phi) is 5.75. The third-order valence-corrected chi connectivity index (χ3v) is 5.53. The van der Waals surface area contributed by atoms with Gasteiger partial charge < -0.3 is 4.57 Å². The third kappa shape index (κ3) is 3.76. The summed E-state index contributed by atoms with van der Waals surface area (Å²) in [6, 6.07) is 7.55. The Morgan fingerprint density at radius 1 is 0.943 bits per heavy atom. The van der Waals surface area contributed by atoms with Crippen LogP contribution in [0.2, 0.25) is 0 Å². The number of hydrogen-bond donors (Lipinski definition) is 0. The highest BCUT2D eigenvalue weighted by Crippen LogP contribution is 2.34. The number of anilines is 1. The summed E-state index contributed by atoms with van der Waals surface area (Å²) in [6.45, 7) is 4.76. The molecule has 2 aromatic carbocycles. The Balaban J connectivity index is 1.78. The van der Waals surface area contributed by atoms with Gasteiger partial charge in [-0.15, -0.1) is 0 Å². The molecule has 0 atom stereocenters. The van der Waals surface area contributed by atoms with Crippen molar-refractivity contribution in [2.24, 2.45) is 5.10 Å². The van der Waals surface area contributed by atoms with Gasteiger partial charge in [0.2, 0.25) is 5.82 Å². The Bertz CT molecular complexity index is 1460. The predicted octanol–water partition coefficient (Wildman–Crippen LogP) is 5.50. The average Bonchev–Trinajstić information content (AvgIpc) is 3.26. The van der Waals surface area contributed by atoms with Gasteiger partial charge in [0.25, 0.3) is 11.6 Å². The van der Waals surface area contributed by atoms with Gasteiger partial charge in [-0.2, -0.15) is 10.1 Å². The maximum absolute atomic E-state index is 14.3. The minimum atomic E-state index is -2.35. The van der Waals surface area contributed by atoms with Crippen molar-refractivity contribution < 1.29 is 31.7 Å². The smallest absolute Gasteiger partial charge is 0.280 e. The monoisotopic (exact) mass is 490 g/mol. The molecular weight excluding hydrogens is 475 g/mol. The van der Waals surface area contributed by atoms with Gasteiger partial charge in [0, 0.05) is 23.5 Å². The van der Waals surface area contributed by atoms with E-state index in [9.17, 15) is 36.9 Å². The second-order valence-electron chi connectivity index (χ2n) is 7.72. The second kappa shape index (κ2) is 8.46. The fraction of sp³-hybridized carbons (Fsp3) is 0.130. The van der Waals surface area contributed by atoms with Crippen LogP contribution >= 0.6 is 0 Å². The number of hydrazone groups is 1. The van der Waals surface area contributed by atoms with Gasteiger partial charge in [-0.25, -0.2) is 22.0 Å². The summed E-state index contributed by atoms with van der Waals surface area (Å²) < 4.78 is 70.9. The van der Waals surface area contributed by atoms with Crippen LogP contribution in [0.4, 0.5) is 33.3 Å². The molecule has 4 rings (SSSR count). The fourth-order valence-electron chi connectivity index (χ4n) is 3.85. The standard InChI is InChI=1S/C23H15F5N4O3/c1-10-7-13(12(3)30(10)14-5-4-6-15(9-14)32(34)35)8-16-11(2)29-31(23(16)33)22-20(27)18(25)17(24)19(26)21(22)28/h4-9H,1-3H3/b16-8+. The van der Waals surface area contributed by atoms with Crippen molar-refractivity contribution >= 4 is 29.1 Å². The lowest BCUT2D eigenvalue weighted by atomic mass is 10.1. The third-order valence-electron chi connectivity index (χ3n) is 5.53.